The lowest BCUT2D eigenvalue weighted by Crippen LogP contribution is -2.21. The maximum Gasteiger partial charge on any atom is 0.277 e. The number of fused-ring (bicyclic) bond motifs is 1. The monoisotopic (exact) mass is 399 g/mol. The molecule has 0 saturated carbocycles. The standard InChI is InChI=1S/C22H17N5O3/c1-29-17-9-7-15(8-10-17)18-13-19-22(28)26(11-12-27(19)24-18)14-20-23-21(25-30-20)16-5-3-2-4-6-16/h2-13H,14H2,1H3. The van der Waals surface area contributed by atoms with Crippen LogP contribution in [0.5, 0.6) is 5.75 Å². The summed E-state index contributed by atoms with van der Waals surface area (Å²) in [6, 6.07) is 18.8. The lowest BCUT2D eigenvalue weighted by molar-refractivity contribution is 0.370. The van der Waals surface area contributed by atoms with Crippen molar-refractivity contribution in [3.05, 3.63) is 89.3 Å². The number of rotatable bonds is 5. The Morgan fingerprint density at radius 2 is 1.80 bits per heavy atom. The van der Waals surface area contributed by atoms with Gasteiger partial charge in [0.1, 0.15) is 17.8 Å². The summed E-state index contributed by atoms with van der Waals surface area (Å²) in [4.78, 5) is 17.3. The van der Waals surface area contributed by atoms with Crippen LogP contribution in [0.3, 0.4) is 0 Å². The fourth-order valence-electron chi connectivity index (χ4n) is 3.22. The van der Waals surface area contributed by atoms with Crippen LogP contribution in [-0.4, -0.2) is 31.4 Å². The lowest BCUT2D eigenvalue weighted by atomic mass is 10.1. The summed E-state index contributed by atoms with van der Waals surface area (Å²) in [6.45, 7) is 0.179. The molecular weight excluding hydrogens is 382 g/mol. The maximum atomic E-state index is 12.9. The molecule has 0 atom stereocenters. The third kappa shape index (κ3) is 3.24. The van der Waals surface area contributed by atoms with Crippen molar-refractivity contribution < 1.29 is 9.26 Å². The molecule has 0 radical (unpaired) electrons. The van der Waals surface area contributed by atoms with Crippen molar-refractivity contribution in [1.82, 2.24) is 24.3 Å². The molecule has 0 aliphatic rings. The number of hydrogen-bond donors (Lipinski definition) is 0. The normalized spacial score (nSPS) is 11.1. The molecule has 2 aromatic carbocycles. The van der Waals surface area contributed by atoms with Gasteiger partial charge in [0, 0.05) is 23.5 Å². The van der Waals surface area contributed by atoms with E-state index in [0.29, 0.717) is 22.9 Å². The van der Waals surface area contributed by atoms with Gasteiger partial charge >= 0.3 is 0 Å². The second-order valence-corrected chi connectivity index (χ2v) is 6.70. The first-order valence-corrected chi connectivity index (χ1v) is 9.32. The van der Waals surface area contributed by atoms with Gasteiger partial charge in [-0.25, -0.2) is 4.52 Å². The molecule has 3 heterocycles. The number of benzene rings is 2. The SMILES string of the molecule is COc1ccc(-c2cc3c(=O)n(Cc4nc(-c5ccccc5)no4)ccn3n2)cc1. The Kier molecular flexibility index (Phi) is 4.36. The van der Waals surface area contributed by atoms with Crippen LogP contribution >= 0.6 is 0 Å². The van der Waals surface area contributed by atoms with Gasteiger partial charge in [0.05, 0.1) is 12.8 Å². The molecule has 5 aromatic rings. The van der Waals surface area contributed by atoms with E-state index in [9.17, 15) is 4.79 Å². The number of aromatic nitrogens is 5. The lowest BCUT2D eigenvalue weighted by Gasteiger charge is -2.02. The Morgan fingerprint density at radius 1 is 1.00 bits per heavy atom. The minimum Gasteiger partial charge on any atom is -0.497 e. The van der Waals surface area contributed by atoms with Gasteiger partial charge in [0.2, 0.25) is 11.7 Å². The Bertz CT molecular complexity index is 1370. The molecule has 0 aliphatic heterocycles. The largest absolute Gasteiger partial charge is 0.497 e. The van der Waals surface area contributed by atoms with Gasteiger partial charge in [-0.2, -0.15) is 10.1 Å². The van der Waals surface area contributed by atoms with E-state index in [0.717, 1.165) is 16.9 Å². The van der Waals surface area contributed by atoms with Crippen LogP contribution in [-0.2, 0) is 6.54 Å². The van der Waals surface area contributed by atoms with E-state index in [2.05, 4.69) is 15.2 Å². The first-order valence-electron chi connectivity index (χ1n) is 9.32. The van der Waals surface area contributed by atoms with Gasteiger partial charge in [0.15, 0.2) is 0 Å². The average Bonchev–Trinajstić information content (AvgIpc) is 3.44. The van der Waals surface area contributed by atoms with Gasteiger partial charge in [-0.15, -0.1) is 0 Å². The Balaban J connectivity index is 1.45. The van der Waals surface area contributed by atoms with Gasteiger partial charge in [-0.3, -0.25) is 4.79 Å². The highest BCUT2D eigenvalue weighted by atomic mass is 16.5. The third-order valence-electron chi connectivity index (χ3n) is 4.79. The maximum absolute atomic E-state index is 12.9. The van der Waals surface area contributed by atoms with E-state index >= 15 is 0 Å². The van der Waals surface area contributed by atoms with Crippen LogP contribution < -0.4 is 10.3 Å². The quantitative estimate of drug-likeness (QED) is 0.451. The van der Waals surface area contributed by atoms with E-state index in [1.54, 1.807) is 30.1 Å². The van der Waals surface area contributed by atoms with Crippen LogP contribution in [0.4, 0.5) is 0 Å². The van der Waals surface area contributed by atoms with Gasteiger partial charge < -0.3 is 13.8 Å². The number of hydrogen-bond acceptors (Lipinski definition) is 6. The highest BCUT2D eigenvalue weighted by Crippen LogP contribution is 2.21. The molecule has 148 valence electrons. The number of nitrogens with zero attached hydrogens (tertiary/aromatic N) is 5. The zero-order chi connectivity index (χ0) is 20.5. The van der Waals surface area contributed by atoms with Gasteiger partial charge in [0.25, 0.3) is 5.56 Å². The van der Waals surface area contributed by atoms with E-state index in [4.69, 9.17) is 9.26 Å². The molecule has 30 heavy (non-hydrogen) atoms. The fraction of sp³-hybridized carbons (Fsp3) is 0.0909. The summed E-state index contributed by atoms with van der Waals surface area (Å²) in [5, 5.41) is 8.51. The van der Waals surface area contributed by atoms with Crippen molar-refractivity contribution in [1.29, 1.82) is 0 Å². The van der Waals surface area contributed by atoms with Crippen LogP contribution in [0.2, 0.25) is 0 Å². The Hall–Kier alpha value is -4.20. The molecule has 5 rings (SSSR count). The van der Waals surface area contributed by atoms with Gasteiger partial charge in [-0.1, -0.05) is 35.5 Å². The summed E-state index contributed by atoms with van der Waals surface area (Å²) in [5.74, 6) is 1.61. The van der Waals surface area contributed by atoms with Crippen molar-refractivity contribution in [2.45, 2.75) is 6.54 Å². The van der Waals surface area contributed by atoms with E-state index in [-0.39, 0.29) is 12.1 Å². The smallest absolute Gasteiger partial charge is 0.277 e. The van der Waals surface area contributed by atoms with Crippen molar-refractivity contribution in [2.24, 2.45) is 0 Å². The summed E-state index contributed by atoms with van der Waals surface area (Å²) in [6.07, 6.45) is 3.39. The first kappa shape index (κ1) is 17.9. The van der Waals surface area contributed by atoms with Crippen LogP contribution in [0.1, 0.15) is 5.89 Å². The second kappa shape index (κ2) is 7.32. The van der Waals surface area contributed by atoms with Crippen molar-refractivity contribution in [3.63, 3.8) is 0 Å². The minimum absolute atomic E-state index is 0.179. The molecule has 0 saturated heterocycles. The molecule has 8 heteroatoms. The van der Waals surface area contributed by atoms with Crippen molar-refractivity contribution in [3.8, 4) is 28.4 Å². The summed E-state index contributed by atoms with van der Waals surface area (Å²) < 4.78 is 13.6. The number of ether oxygens (including phenoxy) is 1. The number of methoxy groups -OCH3 is 1. The molecule has 0 unspecified atom stereocenters. The summed E-state index contributed by atoms with van der Waals surface area (Å²) >= 11 is 0. The van der Waals surface area contributed by atoms with Crippen LogP contribution in [0.25, 0.3) is 28.2 Å². The van der Waals surface area contributed by atoms with Crippen molar-refractivity contribution in [2.75, 3.05) is 7.11 Å². The molecule has 0 amide bonds. The molecule has 3 aromatic heterocycles. The Morgan fingerprint density at radius 3 is 2.57 bits per heavy atom. The Labute approximate surface area is 171 Å². The summed E-state index contributed by atoms with van der Waals surface area (Å²) in [5.41, 5.74) is 2.73. The highest BCUT2D eigenvalue weighted by molar-refractivity contribution is 5.66. The highest BCUT2D eigenvalue weighted by Gasteiger charge is 2.13. The summed E-state index contributed by atoms with van der Waals surface area (Å²) in [7, 11) is 1.62. The second-order valence-electron chi connectivity index (χ2n) is 6.70. The zero-order valence-corrected chi connectivity index (χ0v) is 16.1. The van der Waals surface area contributed by atoms with Crippen LogP contribution in [0, 0.1) is 0 Å². The van der Waals surface area contributed by atoms with E-state index in [1.807, 2.05) is 54.6 Å². The molecule has 0 aliphatic carbocycles. The molecule has 0 N–H and O–H groups in total. The average molecular weight is 399 g/mol. The van der Waals surface area contributed by atoms with Crippen LogP contribution in [0.15, 0.2) is 82.4 Å². The predicted octanol–water partition coefficient (Wildman–Crippen LogP) is 3.27. The predicted molar refractivity (Wildman–Crippen MR) is 110 cm³/mol. The molecule has 8 nitrogen and oxygen atoms in total. The van der Waals surface area contributed by atoms with Crippen molar-refractivity contribution >= 4 is 5.52 Å². The van der Waals surface area contributed by atoms with Gasteiger partial charge in [-0.05, 0) is 30.3 Å². The minimum atomic E-state index is -0.191. The molecule has 0 spiro atoms. The van der Waals surface area contributed by atoms with E-state index in [1.165, 1.54) is 4.57 Å². The molecule has 0 bridgehead atoms. The molecule has 0 fully saturated rings. The topological polar surface area (TPSA) is 87.5 Å². The van der Waals surface area contributed by atoms with E-state index < -0.39 is 0 Å². The zero-order valence-electron chi connectivity index (χ0n) is 16.1. The fourth-order valence-corrected chi connectivity index (χ4v) is 3.22. The third-order valence-corrected chi connectivity index (χ3v) is 4.79. The first-order chi connectivity index (χ1) is 14.7. The molecular formula is C22H17N5O3.